The van der Waals surface area contributed by atoms with Crippen LogP contribution in [0.2, 0.25) is 0 Å². The fourth-order valence-corrected chi connectivity index (χ4v) is 2.42. The first-order valence-corrected chi connectivity index (χ1v) is 8.02. The third-order valence-electron chi connectivity index (χ3n) is 2.59. The molecule has 1 heterocycles. The number of ether oxygens (including phenoxy) is 1. The quantitative estimate of drug-likeness (QED) is 0.664. The monoisotopic (exact) mass is 346 g/mol. The largest absolute Gasteiger partial charge is 0.497 e. The number of allylic oxidation sites excluding steroid dienone is 1. The van der Waals surface area contributed by atoms with E-state index in [0.29, 0.717) is 21.2 Å². The normalized spacial score (nSPS) is 9.71. The lowest BCUT2D eigenvalue weighted by molar-refractivity contribution is 0.102. The molecule has 0 aliphatic heterocycles. The zero-order valence-corrected chi connectivity index (χ0v) is 15.1. The first-order chi connectivity index (χ1) is 11.4. The molecule has 0 spiro atoms. The molecule has 0 bridgehead atoms. The second kappa shape index (κ2) is 9.64. The predicted molar refractivity (Wildman–Crippen MR) is 99.4 cm³/mol. The number of amides is 1. The van der Waals surface area contributed by atoms with Gasteiger partial charge in [-0.3, -0.25) is 9.59 Å². The van der Waals surface area contributed by atoms with Crippen molar-refractivity contribution in [1.82, 2.24) is 4.90 Å². The van der Waals surface area contributed by atoms with Gasteiger partial charge in [-0.25, -0.2) is 0 Å². The number of nitrogens with zero attached hydrogens (tertiary/aromatic N) is 1. The summed E-state index contributed by atoms with van der Waals surface area (Å²) in [6, 6.07) is 10.3. The van der Waals surface area contributed by atoms with E-state index < -0.39 is 0 Å². The lowest BCUT2D eigenvalue weighted by Crippen LogP contribution is -2.10. The Balaban J connectivity index is 0.000000648. The number of thiophene rings is 1. The van der Waals surface area contributed by atoms with Gasteiger partial charge < -0.3 is 15.0 Å². The van der Waals surface area contributed by atoms with Gasteiger partial charge in [0.2, 0.25) is 0 Å². The Morgan fingerprint density at radius 3 is 2.38 bits per heavy atom. The van der Waals surface area contributed by atoms with Gasteiger partial charge in [0.05, 0.1) is 16.9 Å². The van der Waals surface area contributed by atoms with Gasteiger partial charge in [-0.05, 0) is 51.5 Å². The molecule has 0 radical (unpaired) electrons. The van der Waals surface area contributed by atoms with E-state index >= 15 is 0 Å². The molecule has 0 saturated heterocycles. The summed E-state index contributed by atoms with van der Waals surface area (Å²) >= 11 is 1.14. The highest BCUT2D eigenvalue weighted by Crippen LogP contribution is 2.21. The Labute approximate surface area is 146 Å². The Morgan fingerprint density at radius 1 is 1.17 bits per heavy atom. The summed E-state index contributed by atoms with van der Waals surface area (Å²) < 4.78 is 5.09. The van der Waals surface area contributed by atoms with Crippen molar-refractivity contribution in [3.63, 3.8) is 0 Å². The minimum atomic E-state index is -0.258. The van der Waals surface area contributed by atoms with Crippen molar-refractivity contribution in [2.24, 2.45) is 0 Å². The summed E-state index contributed by atoms with van der Waals surface area (Å²) in [5.74, 6) is 0.221. The Hall–Kier alpha value is -2.44. The Kier molecular flexibility index (Phi) is 7.88. The number of benzene rings is 1. The van der Waals surface area contributed by atoms with Crippen molar-refractivity contribution in [2.45, 2.75) is 0 Å². The highest BCUT2D eigenvalue weighted by atomic mass is 32.1. The van der Waals surface area contributed by atoms with Crippen molar-refractivity contribution in [3.8, 4) is 5.75 Å². The molecule has 2 aromatic rings. The van der Waals surface area contributed by atoms with Crippen LogP contribution in [0.5, 0.6) is 5.75 Å². The first-order valence-electron chi connectivity index (χ1n) is 7.20. The van der Waals surface area contributed by atoms with Crippen LogP contribution in [-0.4, -0.2) is 44.8 Å². The smallest absolute Gasteiger partial charge is 0.265 e. The summed E-state index contributed by atoms with van der Waals surface area (Å²) in [5, 5.41) is 2.76. The van der Waals surface area contributed by atoms with Crippen LogP contribution in [0.3, 0.4) is 0 Å². The summed E-state index contributed by atoms with van der Waals surface area (Å²) in [6.07, 6.45) is 1.23. The van der Waals surface area contributed by atoms with Crippen LogP contribution < -0.4 is 10.1 Å². The molecule has 0 saturated carbocycles. The number of rotatable bonds is 5. The lowest BCUT2D eigenvalue weighted by atomic mass is 10.3. The molecule has 1 aromatic carbocycles. The lowest BCUT2D eigenvalue weighted by Gasteiger charge is -2.05. The summed E-state index contributed by atoms with van der Waals surface area (Å²) in [7, 11) is 7.56. The zero-order chi connectivity index (χ0) is 18.1. The number of anilines is 1. The van der Waals surface area contributed by atoms with Gasteiger partial charge in [0.15, 0.2) is 5.78 Å². The van der Waals surface area contributed by atoms with Gasteiger partial charge in [-0.15, -0.1) is 11.3 Å². The van der Waals surface area contributed by atoms with Gasteiger partial charge in [-0.2, -0.15) is 0 Å². The number of methoxy groups -OCH3 is 1. The van der Waals surface area contributed by atoms with Crippen molar-refractivity contribution in [3.05, 3.63) is 58.8 Å². The molecule has 0 fully saturated rings. The van der Waals surface area contributed by atoms with Crippen molar-refractivity contribution in [2.75, 3.05) is 33.6 Å². The van der Waals surface area contributed by atoms with E-state index in [2.05, 4.69) is 11.9 Å². The maximum atomic E-state index is 12.1. The number of nitrogens with one attached hydrogen (secondary N) is 1. The van der Waals surface area contributed by atoms with Crippen LogP contribution in [0.25, 0.3) is 0 Å². The number of ketones is 1. The number of hydrogen-bond donors (Lipinski definition) is 1. The standard InChI is InChI=1S/C15H13NO3S.C3H9N/c1-3-12(17)13-7-8-14(20-13)15(18)16-10-5-4-6-11(9-10)19-2;1-4(2)3/h3-9H,1H2,2H3,(H,16,18);1-3H3. The maximum absolute atomic E-state index is 12.1. The first kappa shape index (κ1) is 19.6. The molecular weight excluding hydrogens is 324 g/mol. The van der Waals surface area contributed by atoms with Crippen molar-refractivity contribution < 1.29 is 14.3 Å². The van der Waals surface area contributed by atoms with E-state index in [9.17, 15) is 9.59 Å². The molecule has 1 N–H and O–H groups in total. The number of hydrogen-bond acceptors (Lipinski definition) is 5. The highest BCUT2D eigenvalue weighted by molar-refractivity contribution is 7.16. The average molecular weight is 346 g/mol. The molecule has 0 aliphatic carbocycles. The molecule has 2 rings (SSSR count). The average Bonchev–Trinajstić information content (AvgIpc) is 3.04. The third kappa shape index (κ3) is 6.36. The number of carbonyl (C=O) groups is 2. The van der Waals surface area contributed by atoms with E-state index in [1.807, 2.05) is 26.0 Å². The van der Waals surface area contributed by atoms with Crippen molar-refractivity contribution >= 4 is 28.7 Å². The zero-order valence-electron chi connectivity index (χ0n) is 14.3. The molecule has 5 nitrogen and oxygen atoms in total. The fourth-order valence-electron chi connectivity index (χ4n) is 1.59. The molecule has 0 atom stereocenters. The van der Waals surface area contributed by atoms with E-state index in [-0.39, 0.29) is 11.7 Å². The SMILES string of the molecule is C=CC(=O)c1ccc(C(=O)Nc2cccc(OC)c2)s1.CN(C)C. The molecule has 24 heavy (non-hydrogen) atoms. The molecule has 1 aromatic heterocycles. The van der Waals surface area contributed by atoms with E-state index in [1.54, 1.807) is 43.5 Å². The van der Waals surface area contributed by atoms with Crippen LogP contribution in [0.1, 0.15) is 19.3 Å². The van der Waals surface area contributed by atoms with Gasteiger partial charge >= 0.3 is 0 Å². The molecule has 0 unspecified atom stereocenters. The Morgan fingerprint density at radius 2 is 1.79 bits per heavy atom. The minimum absolute atomic E-state index is 0.185. The topological polar surface area (TPSA) is 58.6 Å². The summed E-state index contributed by atoms with van der Waals surface area (Å²) in [4.78, 5) is 26.5. The van der Waals surface area contributed by atoms with Crippen LogP contribution in [0.15, 0.2) is 49.1 Å². The van der Waals surface area contributed by atoms with Gasteiger partial charge in [0, 0.05) is 11.8 Å². The maximum Gasteiger partial charge on any atom is 0.265 e. The molecule has 6 heteroatoms. The van der Waals surface area contributed by atoms with Gasteiger partial charge in [0.25, 0.3) is 5.91 Å². The van der Waals surface area contributed by atoms with Crippen LogP contribution in [0.4, 0.5) is 5.69 Å². The fraction of sp³-hybridized carbons (Fsp3) is 0.222. The van der Waals surface area contributed by atoms with Crippen LogP contribution in [0, 0.1) is 0 Å². The summed E-state index contributed by atoms with van der Waals surface area (Å²) in [5.41, 5.74) is 0.638. The second-order valence-electron chi connectivity index (χ2n) is 5.26. The predicted octanol–water partition coefficient (Wildman–Crippen LogP) is 3.56. The van der Waals surface area contributed by atoms with Crippen LogP contribution in [-0.2, 0) is 0 Å². The third-order valence-corrected chi connectivity index (χ3v) is 3.68. The van der Waals surface area contributed by atoms with E-state index in [4.69, 9.17) is 4.74 Å². The summed E-state index contributed by atoms with van der Waals surface area (Å²) in [6.45, 7) is 3.42. The van der Waals surface area contributed by atoms with Gasteiger partial charge in [0.1, 0.15) is 5.75 Å². The van der Waals surface area contributed by atoms with Crippen molar-refractivity contribution in [1.29, 1.82) is 0 Å². The highest BCUT2D eigenvalue weighted by Gasteiger charge is 2.12. The van der Waals surface area contributed by atoms with E-state index in [1.165, 1.54) is 6.08 Å². The minimum Gasteiger partial charge on any atom is -0.497 e. The van der Waals surface area contributed by atoms with E-state index in [0.717, 1.165) is 11.3 Å². The Bertz CT molecular complexity index is 705. The molecular formula is C18H22N2O3S. The molecule has 0 aliphatic rings. The van der Waals surface area contributed by atoms with Gasteiger partial charge in [-0.1, -0.05) is 12.6 Å². The number of carbonyl (C=O) groups excluding carboxylic acids is 2. The van der Waals surface area contributed by atoms with Crippen LogP contribution >= 0.6 is 11.3 Å². The molecule has 128 valence electrons. The molecule has 1 amide bonds. The second-order valence-corrected chi connectivity index (χ2v) is 6.34.